The Labute approximate surface area is 153 Å². The molecule has 6 nitrogen and oxygen atoms in total. The number of carbonyl (C=O) groups is 2. The van der Waals surface area contributed by atoms with Crippen molar-refractivity contribution in [1.29, 1.82) is 0 Å². The highest BCUT2D eigenvalue weighted by Crippen LogP contribution is 2.37. The normalized spacial score (nSPS) is 25.8. The maximum absolute atomic E-state index is 13.0. The number of H-pyrrole nitrogens is 1. The molecule has 0 unspecified atom stereocenters. The second kappa shape index (κ2) is 6.43. The number of hydrogen-bond donors (Lipinski definition) is 2. The molecule has 1 aromatic carbocycles. The number of nitrogens with one attached hydrogen (secondary N) is 2. The van der Waals surface area contributed by atoms with Crippen LogP contribution in [0.3, 0.4) is 0 Å². The van der Waals surface area contributed by atoms with Gasteiger partial charge in [-0.1, -0.05) is 0 Å². The molecule has 0 spiro atoms. The van der Waals surface area contributed by atoms with E-state index in [9.17, 15) is 9.59 Å². The van der Waals surface area contributed by atoms with Crippen molar-refractivity contribution in [2.75, 3.05) is 20.1 Å². The van der Waals surface area contributed by atoms with Gasteiger partial charge in [0.1, 0.15) is 0 Å². The Morgan fingerprint density at radius 1 is 1.23 bits per heavy atom. The molecule has 2 aliphatic rings. The quantitative estimate of drug-likeness (QED) is 0.884. The third-order valence-corrected chi connectivity index (χ3v) is 5.91. The van der Waals surface area contributed by atoms with Gasteiger partial charge in [0.05, 0.1) is 6.04 Å². The topological polar surface area (TPSA) is 68.4 Å². The van der Waals surface area contributed by atoms with E-state index in [1.165, 1.54) is 0 Å². The first-order chi connectivity index (χ1) is 12.5. The molecule has 1 aromatic heterocycles. The van der Waals surface area contributed by atoms with Crippen LogP contribution in [0.4, 0.5) is 0 Å². The predicted octanol–water partition coefficient (Wildman–Crippen LogP) is 1.84. The molecule has 2 aromatic rings. The van der Waals surface area contributed by atoms with E-state index in [4.69, 9.17) is 0 Å². The molecule has 6 heteroatoms. The lowest BCUT2D eigenvalue weighted by Gasteiger charge is -2.33. The van der Waals surface area contributed by atoms with E-state index in [1.807, 2.05) is 35.4 Å². The van der Waals surface area contributed by atoms with Gasteiger partial charge in [-0.05, 0) is 50.5 Å². The Kier molecular flexibility index (Phi) is 4.23. The van der Waals surface area contributed by atoms with E-state index in [-0.39, 0.29) is 29.9 Å². The van der Waals surface area contributed by atoms with Gasteiger partial charge >= 0.3 is 0 Å². The maximum Gasteiger partial charge on any atom is 0.253 e. The fraction of sp³-hybridized carbons (Fsp3) is 0.500. The van der Waals surface area contributed by atoms with Gasteiger partial charge in [-0.25, -0.2) is 0 Å². The van der Waals surface area contributed by atoms with Crippen LogP contribution in [0.5, 0.6) is 0 Å². The van der Waals surface area contributed by atoms with Crippen molar-refractivity contribution in [2.24, 2.45) is 5.92 Å². The van der Waals surface area contributed by atoms with Crippen molar-refractivity contribution in [2.45, 2.75) is 38.4 Å². The van der Waals surface area contributed by atoms with Gasteiger partial charge in [0.2, 0.25) is 5.91 Å². The molecule has 3 heterocycles. The van der Waals surface area contributed by atoms with Gasteiger partial charge in [-0.2, -0.15) is 0 Å². The van der Waals surface area contributed by atoms with Crippen LogP contribution < -0.4 is 5.32 Å². The maximum atomic E-state index is 13.0. The van der Waals surface area contributed by atoms with Gasteiger partial charge in [0.15, 0.2) is 0 Å². The summed E-state index contributed by atoms with van der Waals surface area (Å²) in [4.78, 5) is 32.7. The number of hydrogen-bond acceptors (Lipinski definition) is 3. The van der Waals surface area contributed by atoms with Crippen molar-refractivity contribution in [3.63, 3.8) is 0 Å². The number of nitrogens with zero attached hydrogens (tertiary/aromatic N) is 2. The Morgan fingerprint density at radius 3 is 2.77 bits per heavy atom. The molecule has 0 saturated carbocycles. The minimum atomic E-state index is -0.0801. The standard InChI is InChI=1S/C20H26N4O2/c1-12(2)24-17(19(25)21-3)9-15-10-23(11-18(15)24)20(26)14-4-5-16-13(8-14)6-7-22-16/h4-8,12,15,17-18,22H,9-11H2,1-3H3,(H,21,25)/t15-,17-,18+/m0/s1. The number of carbonyl (C=O) groups excluding carboxylic acids is 2. The number of aromatic amines is 1. The van der Waals surface area contributed by atoms with E-state index < -0.39 is 0 Å². The van der Waals surface area contributed by atoms with Crippen LogP contribution >= 0.6 is 0 Å². The summed E-state index contributed by atoms with van der Waals surface area (Å²) >= 11 is 0. The number of fused-ring (bicyclic) bond motifs is 2. The zero-order valence-electron chi connectivity index (χ0n) is 15.5. The lowest BCUT2D eigenvalue weighted by molar-refractivity contribution is -0.126. The van der Waals surface area contributed by atoms with E-state index in [0.717, 1.165) is 29.4 Å². The number of likely N-dealkylation sites (tertiary alicyclic amines) is 2. The Morgan fingerprint density at radius 2 is 2.04 bits per heavy atom. The molecule has 138 valence electrons. The first-order valence-electron chi connectivity index (χ1n) is 9.35. The summed E-state index contributed by atoms with van der Waals surface area (Å²) in [6, 6.07) is 8.25. The smallest absolute Gasteiger partial charge is 0.253 e. The molecule has 4 rings (SSSR count). The monoisotopic (exact) mass is 354 g/mol. The van der Waals surface area contributed by atoms with Gasteiger partial charge in [-0.3, -0.25) is 14.5 Å². The number of aromatic nitrogens is 1. The Balaban J connectivity index is 1.53. The molecule has 0 radical (unpaired) electrons. The fourth-order valence-electron chi connectivity index (χ4n) is 4.75. The van der Waals surface area contributed by atoms with Gasteiger partial charge in [-0.15, -0.1) is 0 Å². The van der Waals surface area contributed by atoms with Crippen LogP contribution in [0.1, 0.15) is 30.6 Å². The zero-order chi connectivity index (χ0) is 18.4. The number of benzene rings is 1. The highest BCUT2D eigenvalue weighted by atomic mass is 16.2. The molecular weight excluding hydrogens is 328 g/mol. The second-order valence-electron chi connectivity index (χ2n) is 7.72. The molecule has 0 bridgehead atoms. The molecular formula is C20H26N4O2. The number of amides is 2. The SMILES string of the molecule is CNC(=O)[C@@H]1C[C@H]2CN(C(=O)c3ccc4[nH]ccc4c3)C[C@H]2N1C(C)C. The molecule has 3 atom stereocenters. The van der Waals surface area contributed by atoms with Gasteiger partial charge in [0, 0.05) is 54.9 Å². The first-order valence-corrected chi connectivity index (χ1v) is 9.35. The van der Waals surface area contributed by atoms with E-state index in [2.05, 4.69) is 29.0 Å². The summed E-state index contributed by atoms with van der Waals surface area (Å²) < 4.78 is 0. The highest BCUT2D eigenvalue weighted by molar-refractivity contribution is 5.98. The van der Waals surface area contributed by atoms with E-state index in [1.54, 1.807) is 7.05 Å². The summed E-state index contributed by atoms with van der Waals surface area (Å²) in [5.74, 6) is 0.534. The molecule has 2 N–H and O–H groups in total. The van der Waals surface area contributed by atoms with Crippen molar-refractivity contribution in [1.82, 2.24) is 20.1 Å². The number of rotatable bonds is 3. The van der Waals surface area contributed by atoms with Crippen LogP contribution in [0.15, 0.2) is 30.5 Å². The molecule has 26 heavy (non-hydrogen) atoms. The largest absolute Gasteiger partial charge is 0.361 e. The zero-order valence-corrected chi connectivity index (χ0v) is 15.5. The Bertz CT molecular complexity index is 843. The van der Waals surface area contributed by atoms with E-state index in [0.29, 0.717) is 12.5 Å². The minimum Gasteiger partial charge on any atom is -0.361 e. The van der Waals surface area contributed by atoms with Gasteiger partial charge < -0.3 is 15.2 Å². The van der Waals surface area contributed by atoms with Crippen molar-refractivity contribution < 1.29 is 9.59 Å². The van der Waals surface area contributed by atoms with Gasteiger partial charge in [0.25, 0.3) is 5.91 Å². The summed E-state index contributed by atoms with van der Waals surface area (Å²) in [6.07, 6.45) is 2.71. The predicted molar refractivity (Wildman–Crippen MR) is 101 cm³/mol. The average molecular weight is 354 g/mol. The molecule has 0 aliphatic carbocycles. The lowest BCUT2D eigenvalue weighted by atomic mass is 10.0. The van der Waals surface area contributed by atoms with Crippen LogP contribution in [0.2, 0.25) is 0 Å². The van der Waals surface area contributed by atoms with Crippen molar-refractivity contribution >= 4 is 22.7 Å². The molecule has 2 amide bonds. The Hall–Kier alpha value is -2.34. The molecule has 2 aliphatic heterocycles. The lowest BCUT2D eigenvalue weighted by Crippen LogP contribution is -2.50. The second-order valence-corrected chi connectivity index (χ2v) is 7.72. The third kappa shape index (κ3) is 2.69. The fourth-order valence-corrected chi connectivity index (χ4v) is 4.75. The van der Waals surface area contributed by atoms with Crippen LogP contribution in [0, 0.1) is 5.92 Å². The molecule has 2 saturated heterocycles. The third-order valence-electron chi connectivity index (χ3n) is 5.91. The average Bonchev–Trinajstić information content (AvgIpc) is 3.32. The summed E-state index contributed by atoms with van der Waals surface area (Å²) in [5.41, 5.74) is 1.77. The minimum absolute atomic E-state index is 0.0801. The van der Waals surface area contributed by atoms with Crippen LogP contribution in [0.25, 0.3) is 10.9 Å². The summed E-state index contributed by atoms with van der Waals surface area (Å²) in [6.45, 7) is 5.68. The summed E-state index contributed by atoms with van der Waals surface area (Å²) in [5, 5.41) is 3.85. The number of likely N-dealkylation sites (N-methyl/N-ethyl adjacent to an activating group) is 1. The van der Waals surface area contributed by atoms with E-state index >= 15 is 0 Å². The van der Waals surface area contributed by atoms with Crippen LogP contribution in [-0.2, 0) is 4.79 Å². The summed E-state index contributed by atoms with van der Waals surface area (Å²) in [7, 11) is 1.70. The highest BCUT2D eigenvalue weighted by Gasteiger charge is 2.50. The van der Waals surface area contributed by atoms with Crippen molar-refractivity contribution in [3.05, 3.63) is 36.0 Å². The molecule has 2 fully saturated rings. The van der Waals surface area contributed by atoms with Crippen molar-refractivity contribution in [3.8, 4) is 0 Å². The first kappa shape index (κ1) is 17.1. The van der Waals surface area contributed by atoms with Crippen LogP contribution in [-0.4, -0.2) is 64.9 Å².